The fourth-order valence-electron chi connectivity index (χ4n) is 15.2. The van der Waals surface area contributed by atoms with Crippen molar-refractivity contribution in [2.75, 3.05) is 0 Å². The highest BCUT2D eigenvalue weighted by Crippen LogP contribution is 2.64. The minimum Gasteiger partial charge on any atom is -0.456 e. The van der Waals surface area contributed by atoms with Crippen LogP contribution in [0.4, 0.5) is 0 Å². The monoisotopic (exact) mass is 1260 g/mol. The molecule has 0 saturated heterocycles. The van der Waals surface area contributed by atoms with Gasteiger partial charge in [0, 0.05) is 69.8 Å². The summed E-state index contributed by atoms with van der Waals surface area (Å²) >= 11 is 8.04. The molecule has 12 aromatic carbocycles. The first kappa shape index (κ1) is 53.1. The minimum atomic E-state index is -0.603. The van der Waals surface area contributed by atoms with Crippen LogP contribution in [0.2, 0.25) is 0 Å². The topological polar surface area (TPSA) is 52.6 Å². The van der Waals surface area contributed by atoms with Crippen LogP contribution >= 0.6 is 31.9 Å². The number of fused-ring (bicyclic) bond motifs is 22. The van der Waals surface area contributed by atoms with E-state index in [1.54, 1.807) is 0 Å². The molecule has 0 N–H and O–H groups in total. The number of hydrogen-bond donors (Lipinski definition) is 0. The van der Waals surface area contributed by atoms with E-state index in [9.17, 15) is 0 Å². The predicted molar refractivity (Wildman–Crippen MR) is 369 cm³/mol. The molecule has 0 saturated carbocycles. The average Bonchev–Trinajstić information content (AvgIpc) is 1.52. The lowest BCUT2D eigenvalue weighted by molar-refractivity contribution is 0.590. The highest BCUT2D eigenvalue weighted by Gasteiger charge is 2.51. The third-order valence-corrected chi connectivity index (χ3v) is 20.4. The maximum Gasteiger partial charge on any atom is 0.150 e. The summed E-state index contributed by atoms with van der Waals surface area (Å²) in [6.07, 6.45) is 0. The van der Waals surface area contributed by atoms with Gasteiger partial charge in [0.2, 0.25) is 0 Å². The van der Waals surface area contributed by atoms with E-state index < -0.39 is 10.8 Å². The molecule has 2 aliphatic carbocycles. The van der Waals surface area contributed by atoms with Crippen molar-refractivity contribution in [1.29, 1.82) is 0 Å². The molecular formula is C82H58Br2O4. The molecule has 6 heteroatoms. The summed E-state index contributed by atoms with van der Waals surface area (Å²) in [6, 6.07) is 87.4. The zero-order valence-electron chi connectivity index (χ0n) is 49.5. The molecule has 0 fully saturated rings. The highest BCUT2D eigenvalue weighted by atomic mass is 79.9. The van der Waals surface area contributed by atoms with Crippen LogP contribution in [0.25, 0.3) is 110 Å². The Morgan fingerprint density at radius 3 is 1.25 bits per heavy atom. The van der Waals surface area contributed by atoms with E-state index in [1.807, 2.05) is 12.1 Å². The van der Waals surface area contributed by atoms with Crippen LogP contribution in [0, 0.1) is 0 Å². The quantitative estimate of drug-likeness (QED) is 0.176. The second-order valence-corrected chi connectivity index (χ2v) is 27.7. The summed E-state index contributed by atoms with van der Waals surface area (Å²) < 4.78 is 28.8. The lowest BCUT2D eigenvalue weighted by atomic mass is 9.67. The van der Waals surface area contributed by atoms with Gasteiger partial charge in [-0.2, -0.15) is 0 Å². The molecule has 2 aliphatic rings. The third-order valence-electron chi connectivity index (χ3n) is 19.2. The molecule has 4 heterocycles. The van der Waals surface area contributed by atoms with E-state index in [4.69, 9.17) is 17.7 Å². The van der Waals surface area contributed by atoms with Crippen LogP contribution in [0.1, 0.15) is 97.2 Å². The van der Waals surface area contributed by atoms with Crippen LogP contribution in [-0.4, -0.2) is 0 Å². The molecule has 18 rings (SSSR count). The van der Waals surface area contributed by atoms with Gasteiger partial charge >= 0.3 is 0 Å². The van der Waals surface area contributed by atoms with Gasteiger partial charge in [-0.05, 0) is 137 Å². The van der Waals surface area contributed by atoms with Crippen molar-refractivity contribution in [2.45, 2.75) is 63.2 Å². The summed E-state index contributed by atoms with van der Waals surface area (Å²) in [7, 11) is 0. The second kappa shape index (κ2) is 19.1. The molecule has 0 radical (unpaired) electrons. The van der Waals surface area contributed by atoms with Crippen LogP contribution in [0.3, 0.4) is 0 Å². The average molecular weight is 1270 g/mol. The Morgan fingerprint density at radius 1 is 0.273 bits per heavy atom. The van der Waals surface area contributed by atoms with Crippen LogP contribution in [-0.2, 0) is 21.7 Å². The number of hydrogen-bond acceptors (Lipinski definition) is 4. The Balaban J connectivity index is 0.000000137. The number of para-hydroxylation sites is 2. The molecule has 0 unspecified atom stereocenters. The van der Waals surface area contributed by atoms with Gasteiger partial charge in [0.25, 0.3) is 0 Å². The summed E-state index contributed by atoms with van der Waals surface area (Å²) in [4.78, 5) is 0. The molecule has 4 aromatic heterocycles. The van der Waals surface area contributed by atoms with Crippen molar-refractivity contribution in [2.24, 2.45) is 0 Å². The molecule has 0 spiro atoms. The van der Waals surface area contributed by atoms with Crippen molar-refractivity contribution in [3.05, 3.63) is 307 Å². The zero-order valence-corrected chi connectivity index (χ0v) is 52.7. The fourth-order valence-corrected chi connectivity index (χ4v) is 16.3. The lowest BCUT2D eigenvalue weighted by Gasteiger charge is -2.34. The number of benzene rings is 12. The van der Waals surface area contributed by atoms with Crippen molar-refractivity contribution < 1.29 is 17.7 Å². The molecular weight excluding hydrogens is 1210 g/mol. The van der Waals surface area contributed by atoms with Gasteiger partial charge in [-0.1, -0.05) is 246 Å². The summed E-state index contributed by atoms with van der Waals surface area (Å²) in [6.45, 7) is 13.6. The smallest absolute Gasteiger partial charge is 0.150 e. The molecule has 0 aliphatic heterocycles. The summed E-state index contributed by atoms with van der Waals surface area (Å²) in [5.74, 6) is 0. The molecule has 88 heavy (non-hydrogen) atoms. The summed E-state index contributed by atoms with van der Waals surface area (Å²) in [5, 5.41) is 8.99. The van der Waals surface area contributed by atoms with Gasteiger partial charge in [0.15, 0.2) is 0 Å². The first-order valence-electron chi connectivity index (χ1n) is 30.3. The molecule has 0 bridgehead atoms. The van der Waals surface area contributed by atoms with Crippen molar-refractivity contribution >= 4 is 120 Å². The Hall–Kier alpha value is -9.20. The highest BCUT2D eigenvalue weighted by molar-refractivity contribution is 9.11. The zero-order chi connectivity index (χ0) is 59.6. The normalized spacial score (nSPS) is 14.1. The Morgan fingerprint density at radius 2 is 0.670 bits per heavy atom. The van der Waals surface area contributed by atoms with E-state index in [2.05, 4.69) is 304 Å². The number of halogens is 2. The first-order chi connectivity index (χ1) is 42.7. The fraction of sp³-hybridized carbons (Fsp3) is 0.122. The van der Waals surface area contributed by atoms with Crippen molar-refractivity contribution in [1.82, 2.24) is 0 Å². The van der Waals surface area contributed by atoms with Gasteiger partial charge in [-0.3, -0.25) is 0 Å². The largest absolute Gasteiger partial charge is 0.456 e. The third kappa shape index (κ3) is 7.36. The molecule has 0 atom stereocenters. The molecule has 0 amide bonds. The van der Waals surface area contributed by atoms with E-state index >= 15 is 0 Å². The Kier molecular flexibility index (Phi) is 11.5. The van der Waals surface area contributed by atoms with Crippen LogP contribution in [0.15, 0.2) is 269 Å². The van der Waals surface area contributed by atoms with Gasteiger partial charge in [-0.25, -0.2) is 0 Å². The van der Waals surface area contributed by atoms with Gasteiger partial charge in [-0.15, -0.1) is 0 Å². The Bertz CT molecular complexity index is 5460. The van der Waals surface area contributed by atoms with E-state index in [1.165, 1.54) is 61.2 Å². The van der Waals surface area contributed by atoms with Gasteiger partial charge < -0.3 is 17.7 Å². The SMILES string of the molecule is CC(C)(C)c1ccc2oc3c4c(cc(Br)c3c2c1)C(c1ccccc1)(c1ccccc1)c1cc(Br)c2oc3ccccc3c2c1-4.CC(C)(C)c1ccc2oc3c4c(ccc3c2c1)C(c1ccccc1)(c1ccccc1)c1ccc2oc3ccccc3c2c1-4. The van der Waals surface area contributed by atoms with Gasteiger partial charge in [0.05, 0.1) is 15.3 Å². The number of rotatable bonds is 4. The van der Waals surface area contributed by atoms with E-state index in [0.717, 1.165) is 113 Å². The van der Waals surface area contributed by atoms with Crippen LogP contribution < -0.4 is 0 Å². The number of furan rings is 4. The first-order valence-corrected chi connectivity index (χ1v) is 31.8. The maximum absolute atomic E-state index is 6.96. The van der Waals surface area contributed by atoms with E-state index in [-0.39, 0.29) is 10.8 Å². The standard InChI is InChI=1S/C41H28Br2O2.C41H30O2/c1-40(2,3)25-18-19-33-27(20-25)34-30(42)21-29-37(39(34)45-33)36-28(22-31(43)38-35(36)26-16-10-11-17-32(26)44-38)41(29,23-12-6-4-7-13-23)24-14-8-5-9-15-24;1-40(2,3)27-18-22-34-30(24-27)28-19-20-32-38(39(28)43-34)37-31(21-23-35-36(37)29-16-10-11-17-33(29)42-35)41(32,25-12-6-4-7-13-25)26-14-8-5-9-15-26/h4-22H,1-3H3;4-24H,1-3H3. The van der Waals surface area contributed by atoms with Crippen LogP contribution in [0.5, 0.6) is 0 Å². The predicted octanol–water partition coefficient (Wildman–Crippen LogP) is 23.8. The lowest BCUT2D eigenvalue weighted by Crippen LogP contribution is -2.28. The summed E-state index contributed by atoms with van der Waals surface area (Å²) in [5.41, 5.74) is 23.0. The molecule has 16 aromatic rings. The Labute approximate surface area is 526 Å². The van der Waals surface area contributed by atoms with Crippen molar-refractivity contribution in [3.8, 4) is 22.3 Å². The van der Waals surface area contributed by atoms with Gasteiger partial charge in [0.1, 0.15) is 44.7 Å². The molecule has 4 nitrogen and oxygen atoms in total. The maximum atomic E-state index is 6.96. The minimum absolute atomic E-state index is 0.0114. The van der Waals surface area contributed by atoms with E-state index in [0.29, 0.717) is 0 Å². The second-order valence-electron chi connectivity index (χ2n) is 26.0. The molecule has 424 valence electrons. The van der Waals surface area contributed by atoms with Crippen molar-refractivity contribution in [3.63, 3.8) is 0 Å².